The van der Waals surface area contributed by atoms with Gasteiger partial charge >= 0.3 is 11.6 Å². The molecule has 0 bridgehead atoms. The first kappa shape index (κ1) is 16.7. The molecule has 2 aromatic heterocycles. The third-order valence-electron chi connectivity index (χ3n) is 3.65. The van der Waals surface area contributed by atoms with E-state index < -0.39 is 5.63 Å². The minimum Gasteiger partial charge on any atom is -0.461 e. The fraction of sp³-hybridized carbons (Fsp3) is 0.222. The maximum atomic E-state index is 11.9. The fourth-order valence-corrected chi connectivity index (χ4v) is 3.25. The molecule has 0 radical (unpaired) electrons. The first-order valence-electron chi connectivity index (χ1n) is 7.44. The van der Waals surface area contributed by atoms with Gasteiger partial charge in [-0.2, -0.15) is 0 Å². The molecule has 0 fully saturated rings. The molecule has 3 aromatic rings. The average Bonchev–Trinajstić information content (AvgIpc) is 3.06. The minimum atomic E-state index is -0.478. The van der Waals surface area contributed by atoms with Crippen LogP contribution in [0.1, 0.15) is 22.4 Å². The van der Waals surface area contributed by atoms with Crippen LogP contribution in [-0.2, 0) is 22.6 Å². The number of carbonyl (C=O) groups is 1. The van der Waals surface area contributed by atoms with Crippen LogP contribution < -0.4 is 5.63 Å². The van der Waals surface area contributed by atoms with Gasteiger partial charge in [0.05, 0.1) is 6.42 Å². The molecule has 0 aliphatic carbocycles. The van der Waals surface area contributed by atoms with Crippen molar-refractivity contribution in [3.63, 3.8) is 0 Å². The molecule has 0 N–H and O–H groups in total. The zero-order valence-corrected chi connectivity index (χ0v) is 14.6. The molecular formula is C18H15ClO4S. The van der Waals surface area contributed by atoms with Crippen LogP contribution in [-0.4, -0.2) is 5.97 Å². The molecule has 0 amide bonds. The molecule has 0 aliphatic heterocycles. The lowest BCUT2D eigenvalue weighted by molar-refractivity contribution is -0.144. The average molecular weight is 363 g/mol. The van der Waals surface area contributed by atoms with Crippen molar-refractivity contribution in [2.45, 2.75) is 26.4 Å². The Labute approximate surface area is 147 Å². The van der Waals surface area contributed by atoms with Gasteiger partial charge in [0, 0.05) is 26.9 Å². The van der Waals surface area contributed by atoms with E-state index in [9.17, 15) is 9.59 Å². The van der Waals surface area contributed by atoms with Crippen molar-refractivity contribution in [1.29, 1.82) is 0 Å². The molecule has 0 unspecified atom stereocenters. The van der Waals surface area contributed by atoms with Crippen LogP contribution in [0.15, 0.2) is 44.9 Å². The van der Waals surface area contributed by atoms with Gasteiger partial charge in [0.2, 0.25) is 0 Å². The lowest BCUT2D eigenvalue weighted by Crippen LogP contribution is -2.08. The van der Waals surface area contributed by atoms with Crippen molar-refractivity contribution in [2.75, 3.05) is 0 Å². The molecule has 0 spiro atoms. The Balaban J connectivity index is 1.73. The summed E-state index contributed by atoms with van der Waals surface area (Å²) in [6, 6.07) is 8.70. The predicted octanol–water partition coefficient (Wildman–Crippen LogP) is 4.49. The number of hydrogen-bond acceptors (Lipinski definition) is 5. The molecule has 0 saturated carbocycles. The summed E-state index contributed by atoms with van der Waals surface area (Å²) in [6.07, 6.45) is 0.957. The SMILES string of the molecule is Cc1cc2oc(=O)cc(COC(=O)CCc3cccs3)c2cc1Cl. The van der Waals surface area contributed by atoms with Gasteiger partial charge in [-0.3, -0.25) is 4.79 Å². The summed E-state index contributed by atoms with van der Waals surface area (Å²) in [4.78, 5) is 24.7. The molecule has 2 heterocycles. The number of aryl methyl sites for hydroxylation is 2. The summed E-state index contributed by atoms with van der Waals surface area (Å²) in [5, 5.41) is 3.22. The molecule has 124 valence electrons. The largest absolute Gasteiger partial charge is 0.461 e. The molecule has 6 heteroatoms. The highest BCUT2D eigenvalue weighted by molar-refractivity contribution is 7.09. The minimum absolute atomic E-state index is 0.0186. The molecule has 0 atom stereocenters. The standard InChI is InChI=1S/C18H15ClO4S/c1-11-7-16-14(9-15(11)19)12(8-18(21)23-16)10-22-17(20)5-4-13-3-2-6-24-13/h2-3,6-9H,4-5,10H2,1H3. The molecular weight excluding hydrogens is 348 g/mol. The summed E-state index contributed by atoms with van der Waals surface area (Å²) >= 11 is 7.75. The van der Waals surface area contributed by atoms with E-state index in [1.165, 1.54) is 6.07 Å². The second-order valence-corrected chi connectivity index (χ2v) is 6.87. The monoisotopic (exact) mass is 362 g/mol. The number of halogens is 1. The quantitative estimate of drug-likeness (QED) is 0.495. The van der Waals surface area contributed by atoms with Gasteiger partial charge in [0.1, 0.15) is 12.2 Å². The normalized spacial score (nSPS) is 10.9. The number of thiophene rings is 1. The van der Waals surface area contributed by atoms with Crippen LogP contribution in [0.5, 0.6) is 0 Å². The van der Waals surface area contributed by atoms with E-state index in [1.54, 1.807) is 23.5 Å². The van der Waals surface area contributed by atoms with E-state index in [0.717, 1.165) is 10.4 Å². The van der Waals surface area contributed by atoms with E-state index in [2.05, 4.69) is 0 Å². The highest BCUT2D eigenvalue weighted by Gasteiger charge is 2.11. The van der Waals surface area contributed by atoms with E-state index in [0.29, 0.717) is 34.4 Å². The van der Waals surface area contributed by atoms with Crippen molar-refractivity contribution in [3.8, 4) is 0 Å². The van der Waals surface area contributed by atoms with Gasteiger partial charge in [-0.1, -0.05) is 17.7 Å². The maximum absolute atomic E-state index is 11.9. The Morgan fingerprint density at radius 3 is 2.92 bits per heavy atom. The second-order valence-electron chi connectivity index (χ2n) is 5.43. The summed E-state index contributed by atoms with van der Waals surface area (Å²) in [5.74, 6) is -0.303. The molecule has 4 nitrogen and oxygen atoms in total. The van der Waals surface area contributed by atoms with E-state index in [4.69, 9.17) is 20.8 Å². The summed E-state index contributed by atoms with van der Waals surface area (Å²) in [7, 11) is 0. The molecule has 1 aromatic carbocycles. The van der Waals surface area contributed by atoms with Crippen molar-refractivity contribution in [1.82, 2.24) is 0 Å². The first-order valence-corrected chi connectivity index (χ1v) is 8.69. The van der Waals surface area contributed by atoms with Crippen molar-refractivity contribution >= 4 is 39.9 Å². The lowest BCUT2D eigenvalue weighted by Gasteiger charge is -2.08. The molecule has 3 rings (SSSR count). The number of rotatable bonds is 5. The maximum Gasteiger partial charge on any atom is 0.336 e. The predicted molar refractivity (Wildman–Crippen MR) is 94.7 cm³/mol. The third kappa shape index (κ3) is 3.86. The topological polar surface area (TPSA) is 56.5 Å². The Morgan fingerprint density at radius 1 is 1.33 bits per heavy atom. The van der Waals surface area contributed by atoms with Crippen molar-refractivity contribution in [3.05, 3.63) is 67.2 Å². The molecule has 0 aliphatic rings. The Hall–Kier alpha value is -2.11. The molecule has 24 heavy (non-hydrogen) atoms. The first-order chi connectivity index (χ1) is 11.5. The third-order valence-corrected chi connectivity index (χ3v) is 5.00. The number of ether oxygens (including phenoxy) is 1. The van der Waals surface area contributed by atoms with E-state index in [-0.39, 0.29) is 12.6 Å². The fourth-order valence-electron chi connectivity index (χ4n) is 2.38. The van der Waals surface area contributed by atoms with Gasteiger partial charge in [0.15, 0.2) is 0 Å². The van der Waals surface area contributed by atoms with E-state index in [1.807, 2.05) is 24.4 Å². The number of benzene rings is 1. The lowest BCUT2D eigenvalue weighted by atomic mass is 10.1. The molecule has 0 saturated heterocycles. The highest BCUT2D eigenvalue weighted by Crippen LogP contribution is 2.25. The van der Waals surface area contributed by atoms with Gasteiger partial charge < -0.3 is 9.15 Å². The summed E-state index contributed by atoms with van der Waals surface area (Å²) in [6.45, 7) is 1.85. The number of esters is 1. The van der Waals surface area contributed by atoms with Crippen LogP contribution in [0.4, 0.5) is 0 Å². The Kier molecular flexibility index (Phi) is 5.02. The highest BCUT2D eigenvalue weighted by atomic mass is 35.5. The summed E-state index contributed by atoms with van der Waals surface area (Å²) < 4.78 is 10.5. The van der Waals surface area contributed by atoms with Gasteiger partial charge in [-0.15, -0.1) is 11.3 Å². The number of hydrogen-bond donors (Lipinski definition) is 0. The van der Waals surface area contributed by atoms with E-state index >= 15 is 0 Å². The van der Waals surface area contributed by atoms with Crippen LogP contribution >= 0.6 is 22.9 Å². The summed E-state index contributed by atoms with van der Waals surface area (Å²) in [5.41, 5.74) is 1.37. The van der Waals surface area contributed by atoms with Gasteiger partial charge in [-0.25, -0.2) is 4.79 Å². The van der Waals surface area contributed by atoms with Gasteiger partial charge in [0.25, 0.3) is 0 Å². The zero-order chi connectivity index (χ0) is 17.1. The zero-order valence-electron chi connectivity index (χ0n) is 13.0. The van der Waals surface area contributed by atoms with Crippen LogP contribution in [0, 0.1) is 6.92 Å². The van der Waals surface area contributed by atoms with Crippen LogP contribution in [0.25, 0.3) is 11.0 Å². The smallest absolute Gasteiger partial charge is 0.336 e. The van der Waals surface area contributed by atoms with Crippen LogP contribution in [0.2, 0.25) is 5.02 Å². The Bertz CT molecular complexity index is 928. The van der Waals surface area contributed by atoms with Crippen molar-refractivity contribution in [2.24, 2.45) is 0 Å². The van der Waals surface area contributed by atoms with Gasteiger partial charge in [-0.05, 0) is 42.5 Å². The number of fused-ring (bicyclic) bond motifs is 1. The Morgan fingerprint density at radius 2 is 2.17 bits per heavy atom. The number of carbonyl (C=O) groups excluding carboxylic acids is 1. The van der Waals surface area contributed by atoms with Crippen molar-refractivity contribution < 1.29 is 13.9 Å². The second kappa shape index (κ2) is 7.20. The van der Waals surface area contributed by atoms with Crippen LogP contribution in [0.3, 0.4) is 0 Å².